The van der Waals surface area contributed by atoms with Gasteiger partial charge in [-0.25, -0.2) is 4.98 Å². The van der Waals surface area contributed by atoms with Crippen LogP contribution in [0.25, 0.3) is 0 Å². The molecule has 1 aromatic rings. The van der Waals surface area contributed by atoms with Crippen LogP contribution in [0.3, 0.4) is 0 Å². The quantitative estimate of drug-likeness (QED) is 0.778. The third kappa shape index (κ3) is 2.17. The minimum absolute atomic E-state index is 0.00845. The molecule has 5 nitrogen and oxygen atoms in total. The van der Waals surface area contributed by atoms with E-state index in [9.17, 15) is 0 Å². The highest BCUT2D eigenvalue weighted by Gasteiger charge is 2.53. The molecule has 4 saturated heterocycles. The molecule has 0 aliphatic carbocycles. The van der Waals surface area contributed by atoms with Gasteiger partial charge in [0.2, 0.25) is 5.88 Å². The lowest BCUT2D eigenvalue weighted by Crippen LogP contribution is -2.61. The average Bonchev–Trinajstić information content (AvgIpc) is 2.94. The number of likely N-dealkylation sites (N-methyl/N-ethyl adjacent to an activating group) is 1. The molecular formula is C18H26N4O. The standard InChI is InChI=1S/C18H26N4O/c1-20-8-10-22(11-9-20)16-2-5-19-17-15(16)12-18(23-17)13-21-6-3-14(18)4-7-21/h2,5,14H,3-4,6-13H2,1H3. The van der Waals surface area contributed by atoms with Gasteiger partial charge in [0, 0.05) is 62.5 Å². The van der Waals surface area contributed by atoms with Gasteiger partial charge in [-0.2, -0.15) is 0 Å². The topological polar surface area (TPSA) is 31.8 Å². The number of hydrogen-bond donors (Lipinski definition) is 0. The Morgan fingerprint density at radius 2 is 1.91 bits per heavy atom. The van der Waals surface area contributed by atoms with Gasteiger partial charge in [-0.05, 0) is 39.0 Å². The van der Waals surface area contributed by atoms with Crippen LogP contribution in [0.1, 0.15) is 18.4 Å². The number of aromatic nitrogens is 1. The highest BCUT2D eigenvalue weighted by atomic mass is 16.5. The number of piperidine rings is 3. The number of nitrogens with zero attached hydrogens (tertiary/aromatic N) is 4. The summed E-state index contributed by atoms with van der Waals surface area (Å²) in [5.41, 5.74) is 2.75. The Morgan fingerprint density at radius 1 is 1.13 bits per heavy atom. The Bertz CT molecular complexity index is 605. The second-order valence-electron chi connectivity index (χ2n) is 7.80. The molecule has 5 aliphatic rings. The van der Waals surface area contributed by atoms with Crippen molar-refractivity contribution in [2.45, 2.75) is 24.9 Å². The molecule has 124 valence electrons. The van der Waals surface area contributed by atoms with E-state index in [0.29, 0.717) is 5.92 Å². The summed E-state index contributed by atoms with van der Waals surface area (Å²) in [6, 6.07) is 2.20. The number of piperazine rings is 1. The predicted octanol–water partition coefficient (Wildman–Crippen LogP) is 1.23. The van der Waals surface area contributed by atoms with Crippen LogP contribution in [0.2, 0.25) is 0 Å². The molecule has 5 heteroatoms. The van der Waals surface area contributed by atoms with E-state index in [1.807, 2.05) is 6.20 Å². The Kier molecular flexibility index (Phi) is 3.10. The molecule has 6 heterocycles. The molecule has 4 fully saturated rings. The maximum absolute atomic E-state index is 6.53. The molecule has 0 saturated carbocycles. The minimum atomic E-state index is 0.00845. The van der Waals surface area contributed by atoms with Crippen molar-refractivity contribution in [3.05, 3.63) is 17.8 Å². The molecule has 1 atom stereocenters. The number of anilines is 1. The number of hydrogen-bond acceptors (Lipinski definition) is 5. The van der Waals surface area contributed by atoms with Crippen molar-refractivity contribution in [1.82, 2.24) is 14.8 Å². The van der Waals surface area contributed by atoms with Crippen molar-refractivity contribution in [2.75, 3.05) is 57.8 Å². The summed E-state index contributed by atoms with van der Waals surface area (Å²) in [5, 5.41) is 0. The van der Waals surface area contributed by atoms with Crippen LogP contribution in [0.4, 0.5) is 5.69 Å². The summed E-state index contributed by atoms with van der Waals surface area (Å²) in [6.45, 7) is 8.09. The van der Waals surface area contributed by atoms with Gasteiger partial charge in [-0.1, -0.05) is 0 Å². The van der Waals surface area contributed by atoms with Gasteiger partial charge in [0.1, 0.15) is 5.60 Å². The largest absolute Gasteiger partial charge is 0.469 e. The van der Waals surface area contributed by atoms with E-state index in [2.05, 4.69) is 32.8 Å². The second-order valence-corrected chi connectivity index (χ2v) is 7.80. The van der Waals surface area contributed by atoms with E-state index in [0.717, 1.165) is 45.0 Å². The molecule has 0 radical (unpaired) electrons. The van der Waals surface area contributed by atoms with Crippen molar-refractivity contribution in [3.63, 3.8) is 0 Å². The molecule has 0 N–H and O–H groups in total. The Morgan fingerprint density at radius 3 is 2.61 bits per heavy atom. The van der Waals surface area contributed by atoms with Crippen LogP contribution in [-0.4, -0.2) is 73.2 Å². The van der Waals surface area contributed by atoms with E-state index in [1.54, 1.807) is 0 Å². The number of rotatable bonds is 1. The maximum Gasteiger partial charge on any atom is 0.219 e. The van der Waals surface area contributed by atoms with E-state index < -0.39 is 0 Å². The van der Waals surface area contributed by atoms with Crippen molar-refractivity contribution < 1.29 is 4.74 Å². The predicted molar refractivity (Wildman–Crippen MR) is 90.2 cm³/mol. The summed E-state index contributed by atoms with van der Waals surface area (Å²) in [6.07, 6.45) is 5.57. The zero-order chi connectivity index (χ0) is 15.4. The zero-order valence-electron chi connectivity index (χ0n) is 14.0. The second kappa shape index (κ2) is 5.08. The first-order valence-corrected chi connectivity index (χ1v) is 9.06. The van der Waals surface area contributed by atoms with Gasteiger partial charge in [-0.15, -0.1) is 0 Å². The molecular weight excluding hydrogens is 288 g/mol. The van der Waals surface area contributed by atoms with Gasteiger partial charge in [0.25, 0.3) is 0 Å². The van der Waals surface area contributed by atoms with E-state index in [1.165, 1.54) is 37.2 Å². The highest BCUT2D eigenvalue weighted by Crippen LogP contribution is 2.48. The highest BCUT2D eigenvalue weighted by molar-refractivity contribution is 5.59. The summed E-state index contributed by atoms with van der Waals surface area (Å²) in [5.74, 6) is 1.62. The summed E-state index contributed by atoms with van der Waals surface area (Å²) in [4.78, 5) is 12.1. The molecule has 6 rings (SSSR count). The first kappa shape index (κ1) is 14.1. The number of fused-ring (bicyclic) bond motifs is 3. The molecule has 0 aromatic carbocycles. The van der Waals surface area contributed by atoms with Gasteiger partial charge < -0.3 is 14.5 Å². The monoisotopic (exact) mass is 314 g/mol. The van der Waals surface area contributed by atoms with Crippen molar-refractivity contribution in [2.24, 2.45) is 5.92 Å². The fourth-order valence-corrected chi connectivity index (χ4v) is 5.03. The van der Waals surface area contributed by atoms with Gasteiger partial charge in [0.15, 0.2) is 0 Å². The SMILES string of the molecule is CN1CCN(c2ccnc3c2CC2(CN4CCC2CC4)O3)CC1. The lowest BCUT2D eigenvalue weighted by atomic mass is 9.73. The van der Waals surface area contributed by atoms with Crippen molar-refractivity contribution in [3.8, 4) is 5.88 Å². The summed E-state index contributed by atoms with van der Waals surface area (Å²) < 4.78 is 6.53. The van der Waals surface area contributed by atoms with Crippen LogP contribution in [0, 0.1) is 5.92 Å². The average molecular weight is 314 g/mol. The Balaban J connectivity index is 1.45. The number of ether oxygens (including phenoxy) is 1. The molecule has 23 heavy (non-hydrogen) atoms. The lowest BCUT2D eigenvalue weighted by Gasteiger charge is -2.50. The minimum Gasteiger partial charge on any atom is -0.469 e. The van der Waals surface area contributed by atoms with Crippen molar-refractivity contribution in [1.29, 1.82) is 0 Å². The molecule has 0 amide bonds. The van der Waals surface area contributed by atoms with Crippen LogP contribution < -0.4 is 9.64 Å². The lowest BCUT2D eigenvalue weighted by molar-refractivity contribution is -0.0814. The van der Waals surface area contributed by atoms with Gasteiger partial charge in [-0.3, -0.25) is 4.90 Å². The smallest absolute Gasteiger partial charge is 0.219 e. The van der Waals surface area contributed by atoms with Crippen molar-refractivity contribution >= 4 is 5.69 Å². The fourth-order valence-electron chi connectivity index (χ4n) is 5.03. The molecule has 5 aliphatic heterocycles. The number of pyridine rings is 1. The normalized spacial score (nSPS) is 36.3. The first-order chi connectivity index (χ1) is 11.2. The fraction of sp³-hybridized carbons (Fsp3) is 0.722. The first-order valence-electron chi connectivity index (χ1n) is 9.06. The molecule has 1 spiro atoms. The van der Waals surface area contributed by atoms with E-state index in [4.69, 9.17) is 4.74 Å². The van der Waals surface area contributed by atoms with Gasteiger partial charge in [0.05, 0.1) is 0 Å². The molecule has 1 aromatic heterocycles. The Labute approximate surface area is 138 Å². The zero-order valence-corrected chi connectivity index (χ0v) is 14.0. The van der Waals surface area contributed by atoms with Crippen LogP contribution in [-0.2, 0) is 6.42 Å². The Hall–Kier alpha value is -1.33. The summed E-state index contributed by atoms with van der Waals surface area (Å²) >= 11 is 0. The van der Waals surface area contributed by atoms with Crippen LogP contribution in [0.5, 0.6) is 5.88 Å². The van der Waals surface area contributed by atoms with Crippen LogP contribution >= 0.6 is 0 Å². The molecule has 1 unspecified atom stereocenters. The summed E-state index contributed by atoms with van der Waals surface area (Å²) in [7, 11) is 2.21. The van der Waals surface area contributed by atoms with Gasteiger partial charge >= 0.3 is 0 Å². The van der Waals surface area contributed by atoms with Crippen LogP contribution in [0.15, 0.2) is 12.3 Å². The van der Waals surface area contributed by atoms with E-state index in [-0.39, 0.29) is 5.60 Å². The third-order valence-corrected chi connectivity index (χ3v) is 6.43. The maximum atomic E-state index is 6.53. The van der Waals surface area contributed by atoms with E-state index >= 15 is 0 Å². The molecule has 2 bridgehead atoms. The third-order valence-electron chi connectivity index (χ3n) is 6.43.